The third kappa shape index (κ3) is 3.65. The van der Waals surface area contributed by atoms with Crippen LogP contribution in [-0.2, 0) is 6.61 Å². The molecule has 2 aromatic rings. The quantitative estimate of drug-likeness (QED) is 0.841. The Bertz CT molecular complexity index is 594. The molecule has 0 heterocycles. The summed E-state index contributed by atoms with van der Waals surface area (Å²) >= 11 is 6.69. The molecule has 19 heavy (non-hydrogen) atoms. The molecule has 0 unspecified atom stereocenters. The molecule has 0 atom stereocenters. The first kappa shape index (κ1) is 14.2. The molecule has 0 fully saturated rings. The summed E-state index contributed by atoms with van der Waals surface area (Å²) in [5.74, 6) is -0.220. The smallest absolute Gasteiger partial charge is 0.255 e. The van der Waals surface area contributed by atoms with Crippen LogP contribution in [0.4, 0.5) is 5.69 Å². The summed E-state index contributed by atoms with van der Waals surface area (Å²) < 4.78 is 1.64. The third-order valence-electron chi connectivity index (χ3n) is 2.56. The lowest BCUT2D eigenvalue weighted by Crippen LogP contribution is -2.13. The summed E-state index contributed by atoms with van der Waals surface area (Å²) in [6.07, 6.45) is 0. The van der Waals surface area contributed by atoms with Gasteiger partial charge in [-0.25, -0.2) is 0 Å². The Morgan fingerprint density at radius 2 is 1.74 bits per heavy atom. The van der Waals surface area contributed by atoms with Gasteiger partial charge in [0.05, 0.1) is 6.61 Å². The zero-order valence-corrected chi connectivity index (χ0v) is 13.0. The van der Waals surface area contributed by atoms with Gasteiger partial charge in [0.2, 0.25) is 0 Å². The van der Waals surface area contributed by atoms with E-state index in [4.69, 9.17) is 0 Å². The number of anilines is 1. The van der Waals surface area contributed by atoms with Gasteiger partial charge in [0.25, 0.3) is 5.91 Å². The lowest BCUT2D eigenvalue weighted by molar-refractivity contribution is 0.102. The molecule has 0 aliphatic carbocycles. The van der Waals surface area contributed by atoms with Crippen molar-refractivity contribution in [1.29, 1.82) is 0 Å². The first-order chi connectivity index (χ1) is 9.10. The molecule has 2 rings (SSSR count). The minimum Gasteiger partial charge on any atom is -0.392 e. The van der Waals surface area contributed by atoms with Crippen molar-refractivity contribution < 1.29 is 9.90 Å². The summed E-state index contributed by atoms with van der Waals surface area (Å²) in [7, 11) is 0. The Morgan fingerprint density at radius 3 is 2.37 bits per heavy atom. The van der Waals surface area contributed by atoms with E-state index in [-0.39, 0.29) is 12.5 Å². The Hall–Kier alpha value is -1.17. The van der Waals surface area contributed by atoms with Crippen LogP contribution in [0.5, 0.6) is 0 Å². The number of hydrogen-bond donors (Lipinski definition) is 2. The van der Waals surface area contributed by atoms with Crippen molar-refractivity contribution in [2.45, 2.75) is 6.61 Å². The fraction of sp³-hybridized carbons (Fsp3) is 0.0714. The van der Waals surface area contributed by atoms with Crippen molar-refractivity contribution in [3.05, 3.63) is 62.5 Å². The molecular weight excluding hydrogens is 374 g/mol. The maximum Gasteiger partial charge on any atom is 0.255 e. The summed E-state index contributed by atoms with van der Waals surface area (Å²) in [4.78, 5) is 12.2. The van der Waals surface area contributed by atoms with Gasteiger partial charge in [0, 0.05) is 25.8 Å². The molecule has 3 nitrogen and oxygen atoms in total. The number of para-hydroxylation sites is 1. The highest BCUT2D eigenvalue weighted by Gasteiger charge is 2.10. The number of carbonyl (C=O) groups is 1. The number of amides is 1. The highest BCUT2D eigenvalue weighted by atomic mass is 79.9. The zero-order chi connectivity index (χ0) is 13.8. The second-order valence-corrected chi connectivity index (χ2v) is 5.76. The van der Waals surface area contributed by atoms with Crippen LogP contribution in [0.1, 0.15) is 15.9 Å². The maximum absolute atomic E-state index is 12.2. The Labute approximate surface area is 127 Å². The van der Waals surface area contributed by atoms with Crippen LogP contribution < -0.4 is 5.32 Å². The fourth-order valence-corrected chi connectivity index (χ4v) is 2.95. The SMILES string of the molecule is O=C(Nc1ccccc1CO)c1cc(Br)cc(Br)c1. The third-order valence-corrected chi connectivity index (χ3v) is 3.48. The zero-order valence-electron chi connectivity index (χ0n) is 9.86. The predicted molar refractivity (Wildman–Crippen MR) is 82.2 cm³/mol. The van der Waals surface area contributed by atoms with E-state index < -0.39 is 0 Å². The molecule has 0 radical (unpaired) electrons. The molecule has 1 amide bonds. The molecule has 0 aliphatic rings. The monoisotopic (exact) mass is 383 g/mol. The van der Waals surface area contributed by atoms with Crippen molar-refractivity contribution >= 4 is 43.5 Å². The Balaban J connectivity index is 2.25. The van der Waals surface area contributed by atoms with E-state index in [1.54, 1.807) is 24.3 Å². The van der Waals surface area contributed by atoms with Crippen molar-refractivity contribution in [1.82, 2.24) is 0 Å². The predicted octanol–water partition coefficient (Wildman–Crippen LogP) is 3.96. The number of hydrogen-bond acceptors (Lipinski definition) is 2. The minimum atomic E-state index is -0.220. The van der Waals surface area contributed by atoms with E-state index in [1.165, 1.54) is 0 Å². The molecule has 0 aliphatic heterocycles. The Morgan fingerprint density at radius 1 is 1.11 bits per heavy atom. The first-order valence-corrected chi connectivity index (χ1v) is 7.15. The van der Waals surface area contributed by atoms with Gasteiger partial charge >= 0.3 is 0 Å². The van der Waals surface area contributed by atoms with E-state index in [9.17, 15) is 9.90 Å². The van der Waals surface area contributed by atoms with Crippen molar-refractivity contribution in [2.75, 3.05) is 5.32 Å². The average Bonchev–Trinajstić information content (AvgIpc) is 2.38. The molecule has 98 valence electrons. The second-order valence-electron chi connectivity index (χ2n) is 3.93. The van der Waals surface area contributed by atoms with Crippen molar-refractivity contribution in [3.8, 4) is 0 Å². The van der Waals surface area contributed by atoms with E-state index in [1.807, 2.05) is 18.2 Å². The molecule has 0 bridgehead atoms. The summed E-state index contributed by atoms with van der Waals surface area (Å²) in [6, 6.07) is 12.5. The van der Waals surface area contributed by atoms with Crippen LogP contribution in [0.2, 0.25) is 0 Å². The molecular formula is C14H11Br2NO2. The van der Waals surface area contributed by atoms with Gasteiger partial charge in [-0.15, -0.1) is 0 Å². The summed E-state index contributed by atoms with van der Waals surface area (Å²) in [5, 5.41) is 12.0. The maximum atomic E-state index is 12.2. The largest absolute Gasteiger partial charge is 0.392 e. The molecule has 2 N–H and O–H groups in total. The van der Waals surface area contributed by atoms with Gasteiger partial charge < -0.3 is 10.4 Å². The van der Waals surface area contributed by atoms with Gasteiger partial charge in [-0.1, -0.05) is 50.1 Å². The summed E-state index contributed by atoms with van der Waals surface area (Å²) in [5.41, 5.74) is 1.84. The van der Waals surface area contributed by atoms with Gasteiger partial charge in [0.1, 0.15) is 0 Å². The van der Waals surface area contributed by atoms with Gasteiger partial charge in [-0.3, -0.25) is 4.79 Å². The number of benzene rings is 2. The second kappa shape index (κ2) is 6.32. The van der Waals surface area contributed by atoms with Gasteiger partial charge in [-0.05, 0) is 24.3 Å². The highest BCUT2D eigenvalue weighted by Crippen LogP contribution is 2.22. The van der Waals surface area contributed by atoms with Crippen molar-refractivity contribution in [2.24, 2.45) is 0 Å². The van der Waals surface area contributed by atoms with Crippen LogP contribution in [-0.4, -0.2) is 11.0 Å². The highest BCUT2D eigenvalue weighted by molar-refractivity contribution is 9.11. The number of aliphatic hydroxyl groups is 1. The van der Waals surface area contributed by atoms with E-state index in [2.05, 4.69) is 37.2 Å². The lowest BCUT2D eigenvalue weighted by atomic mass is 10.1. The number of nitrogens with one attached hydrogen (secondary N) is 1. The molecule has 5 heteroatoms. The molecule has 0 aromatic heterocycles. The van der Waals surface area contributed by atoms with Crippen LogP contribution in [0.15, 0.2) is 51.4 Å². The summed E-state index contributed by atoms with van der Waals surface area (Å²) in [6.45, 7) is -0.112. The van der Waals surface area contributed by atoms with Gasteiger partial charge in [-0.2, -0.15) is 0 Å². The average molecular weight is 385 g/mol. The topological polar surface area (TPSA) is 49.3 Å². The van der Waals surface area contributed by atoms with Crippen LogP contribution in [0, 0.1) is 0 Å². The Kier molecular flexibility index (Phi) is 4.74. The molecule has 0 spiro atoms. The minimum absolute atomic E-state index is 0.112. The number of halogens is 2. The molecule has 0 saturated carbocycles. The fourth-order valence-electron chi connectivity index (χ4n) is 1.66. The lowest BCUT2D eigenvalue weighted by Gasteiger charge is -2.09. The van der Waals surface area contributed by atoms with E-state index in [0.717, 1.165) is 8.95 Å². The number of rotatable bonds is 3. The van der Waals surface area contributed by atoms with Crippen LogP contribution in [0.3, 0.4) is 0 Å². The van der Waals surface area contributed by atoms with Crippen molar-refractivity contribution in [3.63, 3.8) is 0 Å². The van der Waals surface area contributed by atoms with Gasteiger partial charge in [0.15, 0.2) is 0 Å². The molecule has 0 saturated heterocycles. The number of carbonyl (C=O) groups excluding carboxylic acids is 1. The number of aliphatic hydroxyl groups excluding tert-OH is 1. The standard InChI is InChI=1S/C14H11Br2NO2/c15-11-5-10(6-12(16)7-11)14(19)17-13-4-2-1-3-9(13)8-18/h1-7,18H,8H2,(H,17,19). The van der Waals surface area contributed by atoms with E-state index in [0.29, 0.717) is 16.8 Å². The normalized spacial score (nSPS) is 10.3. The molecule has 2 aromatic carbocycles. The first-order valence-electron chi connectivity index (χ1n) is 5.56. The van der Waals surface area contributed by atoms with Crippen LogP contribution >= 0.6 is 31.9 Å². The van der Waals surface area contributed by atoms with E-state index >= 15 is 0 Å². The van der Waals surface area contributed by atoms with Crippen LogP contribution in [0.25, 0.3) is 0 Å².